The first kappa shape index (κ1) is 16.8. The molecular formula is C14H27N3O3. The van der Waals surface area contributed by atoms with E-state index in [0.717, 1.165) is 19.6 Å². The van der Waals surface area contributed by atoms with Gasteiger partial charge in [0.05, 0.1) is 0 Å². The van der Waals surface area contributed by atoms with Crippen molar-refractivity contribution in [1.29, 1.82) is 0 Å². The van der Waals surface area contributed by atoms with E-state index in [1.165, 1.54) is 12.8 Å². The fourth-order valence-electron chi connectivity index (χ4n) is 2.51. The summed E-state index contributed by atoms with van der Waals surface area (Å²) in [5, 5.41) is 14.4. The van der Waals surface area contributed by atoms with Crippen molar-refractivity contribution in [2.24, 2.45) is 5.92 Å². The number of nitrogens with one attached hydrogen (secondary N) is 2. The second-order valence-electron chi connectivity index (χ2n) is 6.05. The van der Waals surface area contributed by atoms with Gasteiger partial charge in [-0.2, -0.15) is 0 Å². The van der Waals surface area contributed by atoms with E-state index in [9.17, 15) is 9.59 Å². The van der Waals surface area contributed by atoms with Crippen LogP contribution in [-0.2, 0) is 4.79 Å². The number of amides is 2. The second kappa shape index (κ2) is 8.09. The Morgan fingerprint density at radius 1 is 1.15 bits per heavy atom. The van der Waals surface area contributed by atoms with Gasteiger partial charge < -0.3 is 20.6 Å². The van der Waals surface area contributed by atoms with Crippen LogP contribution in [0, 0.1) is 5.92 Å². The van der Waals surface area contributed by atoms with Crippen LogP contribution in [0.4, 0.5) is 4.79 Å². The van der Waals surface area contributed by atoms with Crippen LogP contribution in [0.5, 0.6) is 0 Å². The van der Waals surface area contributed by atoms with Crippen LogP contribution in [0.2, 0.25) is 0 Å². The predicted molar refractivity (Wildman–Crippen MR) is 77.7 cm³/mol. The quantitative estimate of drug-likeness (QED) is 0.658. The number of carbonyl (C=O) groups excluding carboxylic acids is 1. The molecule has 0 aromatic carbocycles. The number of carboxylic acid groups (broad SMARTS) is 1. The molecule has 2 amide bonds. The molecule has 1 rings (SSSR count). The molecule has 1 aliphatic rings. The molecule has 0 aliphatic carbocycles. The van der Waals surface area contributed by atoms with Gasteiger partial charge in [-0.15, -0.1) is 0 Å². The number of urea groups is 1. The monoisotopic (exact) mass is 285 g/mol. The molecule has 1 fully saturated rings. The van der Waals surface area contributed by atoms with E-state index < -0.39 is 18.0 Å². The fraction of sp³-hybridized carbons (Fsp3) is 0.857. The zero-order valence-electron chi connectivity index (χ0n) is 12.7. The Balaban J connectivity index is 2.34. The first-order chi connectivity index (χ1) is 9.38. The van der Waals surface area contributed by atoms with E-state index in [4.69, 9.17) is 5.11 Å². The summed E-state index contributed by atoms with van der Waals surface area (Å²) in [5.74, 6) is -0.764. The van der Waals surface area contributed by atoms with Gasteiger partial charge in [0.15, 0.2) is 0 Å². The first-order valence-corrected chi connectivity index (χ1v) is 7.40. The minimum absolute atomic E-state index is 0.0154. The average Bonchev–Trinajstić information content (AvgIpc) is 2.79. The molecule has 0 saturated carbocycles. The van der Waals surface area contributed by atoms with E-state index in [1.54, 1.807) is 0 Å². The number of hydrogen-bond acceptors (Lipinski definition) is 3. The molecule has 0 radical (unpaired) electrons. The third-order valence-corrected chi connectivity index (χ3v) is 3.42. The average molecular weight is 285 g/mol. The SMILES string of the molecule is CC(C)C[C@@H](NC(=O)NC(C)CN1CCCC1)C(=O)O. The minimum atomic E-state index is -0.985. The Morgan fingerprint density at radius 3 is 2.25 bits per heavy atom. The summed E-state index contributed by atoms with van der Waals surface area (Å²) >= 11 is 0. The topological polar surface area (TPSA) is 81.7 Å². The molecule has 1 aliphatic heterocycles. The zero-order chi connectivity index (χ0) is 15.1. The molecule has 116 valence electrons. The van der Waals surface area contributed by atoms with Crippen LogP contribution < -0.4 is 10.6 Å². The molecule has 1 unspecified atom stereocenters. The molecule has 0 bridgehead atoms. The summed E-state index contributed by atoms with van der Waals surface area (Å²) in [5.41, 5.74) is 0. The normalized spacial score (nSPS) is 18.8. The summed E-state index contributed by atoms with van der Waals surface area (Å²) in [7, 11) is 0. The van der Waals surface area contributed by atoms with E-state index in [2.05, 4.69) is 15.5 Å². The van der Waals surface area contributed by atoms with Crippen molar-refractivity contribution in [3.05, 3.63) is 0 Å². The molecular weight excluding hydrogens is 258 g/mol. The van der Waals surface area contributed by atoms with E-state index in [0.29, 0.717) is 6.42 Å². The van der Waals surface area contributed by atoms with Gasteiger partial charge in [-0.1, -0.05) is 13.8 Å². The van der Waals surface area contributed by atoms with Crippen LogP contribution in [0.15, 0.2) is 0 Å². The smallest absolute Gasteiger partial charge is 0.326 e. The zero-order valence-corrected chi connectivity index (χ0v) is 12.7. The van der Waals surface area contributed by atoms with Crippen molar-refractivity contribution < 1.29 is 14.7 Å². The highest BCUT2D eigenvalue weighted by Gasteiger charge is 2.22. The van der Waals surface area contributed by atoms with Gasteiger partial charge in [0, 0.05) is 12.6 Å². The fourth-order valence-corrected chi connectivity index (χ4v) is 2.51. The van der Waals surface area contributed by atoms with Crippen LogP contribution in [0.25, 0.3) is 0 Å². The van der Waals surface area contributed by atoms with Gasteiger partial charge >= 0.3 is 12.0 Å². The van der Waals surface area contributed by atoms with Crippen molar-refractivity contribution in [3.63, 3.8) is 0 Å². The van der Waals surface area contributed by atoms with Crippen molar-refractivity contribution in [2.45, 2.75) is 52.1 Å². The highest BCUT2D eigenvalue weighted by Crippen LogP contribution is 2.08. The summed E-state index contributed by atoms with van der Waals surface area (Å²) in [6.45, 7) is 8.79. The van der Waals surface area contributed by atoms with Gasteiger partial charge in [0.2, 0.25) is 0 Å². The molecule has 1 saturated heterocycles. The summed E-state index contributed by atoms with van der Waals surface area (Å²) in [6.07, 6.45) is 2.87. The first-order valence-electron chi connectivity index (χ1n) is 7.40. The molecule has 0 aromatic rings. The number of rotatable bonds is 7. The lowest BCUT2D eigenvalue weighted by Crippen LogP contribution is -2.50. The number of likely N-dealkylation sites (tertiary alicyclic amines) is 1. The number of aliphatic carboxylic acids is 1. The Bertz CT molecular complexity index is 328. The van der Waals surface area contributed by atoms with Crippen molar-refractivity contribution in [2.75, 3.05) is 19.6 Å². The maximum absolute atomic E-state index is 11.8. The largest absolute Gasteiger partial charge is 0.480 e. The summed E-state index contributed by atoms with van der Waals surface area (Å²) in [4.78, 5) is 25.2. The highest BCUT2D eigenvalue weighted by atomic mass is 16.4. The highest BCUT2D eigenvalue weighted by molar-refractivity contribution is 5.82. The van der Waals surface area contributed by atoms with Crippen molar-refractivity contribution in [3.8, 4) is 0 Å². The van der Waals surface area contributed by atoms with Gasteiger partial charge in [-0.05, 0) is 45.2 Å². The predicted octanol–water partition coefficient (Wildman–Crippen LogP) is 1.27. The van der Waals surface area contributed by atoms with E-state index in [1.807, 2.05) is 20.8 Å². The molecule has 1 heterocycles. The standard InChI is InChI=1S/C14H27N3O3/c1-10(2)8-12(13(18)19)16-14(20)15-11(3)9-17-6-4-5-7-17/h10-12H,4-9H2,1-3H3,(H,18,19)(H2,15,16,20)/t11?,12-/m1/s1. The third kappa shape index (κ3) is 6.23. The van der Waals surface area contributed by atoms with Crippen LogP contribution in [0.1, 0.15) is 40.0 Å². The van der Waals surface area contributed by atoms with Crippen LogP contribution in [-0.4, -0.2) is 53.7 Å². The minimum Gasteiger partial charge on any atom is -0.480 e. The van der Waals surface area contributed by atoms with Crippen molar-refractivity contribution in [1.82, 2.24) is 15.5 Å². The second-order valence-corrected chi connectivity index (χ2v) is 6.05. The van der Waals surface area contributed by atoms with E-state index >= 15 is 0 Å². The van der Waals surface area contributed by atoms with Gasteiger partial charge in [-0.3, -0.25) is 0 Å². The third-order valence-electron chi connectivity index (χ3n) is 3.42. The molecule has 6 nitrogen and oxygen atoms in total. The van der Waals surface area contributed by atoms with Crippen LogP contribution in [0.3, 0.4) is 0 Å². The Morgan fingerprint density at radius 2 is 1.75 bits per heavy atom. The van der Waals surface area contributed by atoms with Gasteiger partial charge in [0.25, 0.3) is 0 Å². The van der Waals surface area contributed by atoms with E-state index in [-0.39, 0.29) is 12.0 Å². The van der Waals surface area contributed by atoms with Gasteiger partial charge in [0.1, 0.15) is 6.04 Å². The lowest BCUT2D eigenvalue weighted by Gasteiger charge is -2.23. The maximum Gasteiger partial charge on any atom is 0.326 e. The summed E-state index contributed by atoms with van der Waals surface area (Å²) < 4.78 is 0. The Kier molecular flexibility index (Phi) is 6.78. The lowest BCUT2D eigenvalue weighted by atomic mass is 10.0. The van der Waals surface area contributed by atoms with Crippen molar-refractivity contribution >= 4 is 12.0 Å². The number of hydrogen-bond donors (Lipinski definition) is 3. The number of carboxylic acids is 1. The molecule has 3 N–H and O–H groups in total. The number of nitrogens with zero attached hydrogens (tertiary/aromatic N) is 1. The molecule has 0 spiro atoms. The maximum atomic E-state index is 11.8. The molecule has 2 atom stereocenters. The lowest BCUT2D eigenvalue weighted by molar-refractivity contribution is -0.139. The molecule has 20 heavy (non-hydrogen) atoms. The van der Waals surface area contributed by atoms with Gasteiger partial charge in [-0.25, -0.2) is 9.59 Å². The molecule has 6 heteroatoms. The Labute approximate surface area is 120 Å². The molecule has 0 aromatic heterocycles. The summed E-state index contributed by atoms with van der Waals surface area (Å²) in [6, 6.07) is -1.21. The van der Waals surface area contributed by atoms with Crippen LogP contribution >= 0.6 is 0 Å². The number of carbonyl (C=O) groups is 2. The Hall–Kier alpha value is -1.30.